The molecule has 0 saturated carbocycles. The van der Waals surface area contributed by atoms with Gasteiger partial charge in [0.2, 0.25) is 5.60 Å². The normalized spacial score (nSPS) is 24.0. The number of rotatable bonds is 5. The minimum atomic E-state index is -1.35. The average molecular weight is 337 g/mol. The molecule has 2 saturated heterocycles. The number of carbonyl (C=O) groups is 1. The Bertz CT molecular complexity index is 593. The zero-order valence-corrected chi connectivity index (χ0v) is 14.0. The lowest BCUT2D eigenvalue weighted by atomic mass is 9.90. The number of ether oxygens (including phenoxy) is 2. The molecule has 5 nitrogen and oxygen atoms in total. The van der Waals surface area contributed by atoms with Crippen LogP contribution >= 0.6 is 0 Å². The Morgan fingerprint density at radius 3 is 2.83 bits per heavy atom. The van der Waals surface area contributed by atoms with Gasteiger partial charge in [0.25, 0.3) is 0 Å². The molecule has 2 aliphatic rings. The van der Waals surface area contributed by atoms with Crippen molar-refractivity contribution in [2.45, 2.75) is 31.8 Å². The van der Waals surface area contributed by atoms with E-state index in [1.165, 1.54) is 6.07 Å². The summed E-state index contributed by atoms with van der Waals surface area (Å²) in [5, 5.41) is 9.69. The van der Waals surface area contributed by atoms with Crippen molar-refractivity contribution in [2.75, 3.05) is 32.8 Å². The molecule has 24 heavy (non-hydrogen) atoms. The first-order chi connectivity index (χ1) is 11.5. The lowest BCUT2D eigenvalue weighted by Crippen LogP contribution is -2.54. The molecule has 1 N–H and O–H groups in total. The number of likely N-dealkylation sites (tertiary alicyclic amines) is 1. The molecular formula is C18H24FNO4. The molecule has 132 valence electrons. The molecule has 1 atom stereocenters. The molecule has 6 heteroatoms. The number of hydrogen-bond donors (Lipinski definition) is 1. The van der Waals surface area contributed by atoms with E-state index < -0.39 is 17.4 Å². The van der Waals surface area contributed by atoms with Crippen molar-refractivity contribution >= 4 is 5.97 Å². The Labute approximate surface area is 141 Å². The fourth-order valence-electron chi connectivity index (χ4n) is 3.45. The highest BCUT2D eigenvalue weighted by Gasteiger charge is 2.44. The number of carboxylic acids is 1. The number of benzene rings is 1. The Morgan fingerprint density at radius 1 is 1.46 bits per heavy atom. The predicted octanol–water partition coefficient (Wildman–Crippen LogP) is 2.47. The molecule has 1 aromatic carbocycles. The topological polar surface area (TPSA) is 59.0 Å². The molecule has 1 aromatic rings. The molecule has 0 spiro atoms. The van der Waals surface area contributed by atoms with Crippen LogP contribution in [0.25, 0.3) is 0 Å². The van der Waals surface area contributed by atoms with Crippen LogP contribution in [0.5, 0.6) is 5.75 Å². The zero-order chi connectivity index (χ0) is 17.2. The van der Waals surface area contributed by atoms with Crippen molar-refractivity contribution in [3.8, 4) is 5.75 Å². The van der Waals surface area contributed by atoms with Gasteiger partial charge in [0.1, 0.15) is 0 Å². The number of aliphatic carboxylic acids is 1. The fraction of sp³-hybridized carbons (Fsp3) is 0.611. The number of halogens is 1. The summed E-state index contributed by atoms with van der Waals surface area (Å²) in [6.07, 6.45) is 1.76. The second-order valence-electron chi connectivity index (χ2n) is 6.87. The van der Waals surface area contributed by atoms with Crippen LogP contribution < -0.4 is 4.74 Å². The van der Waals surface area contributed by atoms with Crippen LogP contribution in [0, 0.1) is 18.7 Å². The van der Waals surface area contributed by atoms with Crippen molar-refractivity contribution < 1.29 is 23.8 Å². The summed E-state index contributed by atoms with van der Waals surface area (Å²) >= 11 is 0. The smallest absolute Gasteiger partial charge is 0.348 e. The van der Waals surface area contributed by atoms with Crippen LogP contribution in [0.3, 0.4) is 0 Å². The van der Waals surface area contributed by atoms with E-state index in [9.17, 15) is 14.3 Å². The second-order valence-corrected chi connectivity index (χ2v) is 6.87. The van der Waals surface area contributed by atoms with E-state index in [4.69, 9.17) is 9.47 Å². The van der Waals surface area contributed by atoms with E-state index in [0.29, 0.717) is 31.8 Å². The SMILES string of the molecule is Cc1ccc(F)c(OC2(C(=O)O)CCN(CC3CCOC3)CC2)c1. The van der Waals surface area contributed by atoms with Gasteiger partial charge in [0, 0.05) is 39.1 Å². The molecule has 1 unspecified atom stereocenters. The van der Waals surface area contributed by atoms with Gasteiger partial charge in [-0.1, -0.05) is 6.07 Å². The Morgan fingerprint density at radius 2 is 2.21 bits per heavy atom. The van der Waals surface area contributed by atoms with Crippen LogP contribution in [0.2, 0.25) is 0 Å². The van der Waals surface area contributed by atoms with Gasteiger partial charge in [-0.15, -0.1) is 0 Å². The third kappa shape index (κ3) is 3.70. The van der Waals surface area contributed by atoms with Gasteiger partial charge < -0.3 is 19.5 Å². The summed E-state index contributed by atoms with van der Waals surface area (Å²) in [7, 11) is 0. The lowest BCUT2D eigenvalue weighted by molar-refractivity contribution is -0.160. The van der Waals surface area contributed by atoms with E-state index >= 15 is 0 Å². The number of nitrogens with zero attached hydrogens (tertiary/aromatic N) is 1. The molecule has 0 bridgehead atoms. The second kappa shape index (κ2) is 7.07. The maximum Gasteiger partial charge on any atom is 0.348 e. The van der Waals surface area contributed by atoms with Crippen molar-refractivity contribution in [3.05, 3.63) is 29.6 Å². The van der Waals surface area contributed by atoms with Crippen molar-refractivity contribution in [1.29, 1.82) is 0 Å². The highest BCUT2D eigenvalue weighted by Crippen LogP contribution is 2.32. The van der Waals surface area contributed by atoms with E-state index in [0.717, 1.165) is 31.7 Å². The summed E-state index contributed by atoms with van der Waals surface area (Å²) < 4.78 is 25.1. The summed E-state index contributed by atoms with van der Waals surface area (Å²) in [6, 6.07) is 4.51. The fourth-order valence-corrected chi connectivity index (χ4v) is 3.45. The van der Waals surface area contributed by atoms with Gasteiger partial charge in [-0.05, 0) is 37.0 Å². The molecule has 2 aliphatic heterocycles. The number of hydrogen-bond acceptors (Lipinski definition) is 4. The van der Waals surface area contributed by atoms with Gasteiger partial charge in [0.05, 0.1) is 6.61 Å². The highest BCUT2D eigenvalue weighted by molar-refractivity contribution is 5.78. The predicted molar refractivity (Wildman–Crippen MR) is 86.7 cm³/mol. The minimum Gasteiger partial charge on any atom is -0.478 e. The standard InChI is InChI=1S/C18H24FNO4/c1-13-2-3-15(19)16(10-13)24-18(17(21)22)5-7-20(8-6-18)11-14-4-9-23-12-14/h2-3,10,14H,4-9,11-12H2,1H3,(H,21,22). The van der Waals surface area contributed by atoms with Gasteiger partial charge in [-0.25, -0.2) is 9.18 Å². The summed E-state index contributed by atoms with van der Waals surface area (Å²) in [5.41, 5.74) is -0.511. The van der Waals surface area contributed by atoms with Crippen LogP contribution in [0.1, 0.15) is 24.8 Å². The molecule has 3 rings (SSSR count). The number of piperidine rings is 1. The van der Waals surface area contributed by atoms with Crippen LogP contribution in [0.15, 0.2) is 18.2 Å². The summed E-state index contributed by atoms with van der Waals surface area (Å²) in [6.45, 7) is 5.62. The summed E-state index contributed by atoms with van der Waals surface area (Å²) in [5.74, 6) is -0.994. The first-order valence-corrected chi connectivity index (χ1v) is 8.47. The quantitative estimate of drug-likeness (QED) is 0.894. The summed E-state index contributed by atoms with van der Waals surface area (Å²) in [4.78, 5) is 14.1. The molecule has 0 aliphatic carbocycles. The third-order valence-corrected chi connectivity index (χ3v) is 4.99. The van der Waals surface area contributed by atoms with Crippen molar-refractivity contribution in [2.24, 2.45) is 5.92 Å². The molecule has 0 radical (unpaired) electrons. The lowest BCUT2D eigenvalue weighted by Gasteiger charge is -2.39. The van der Waals surface area contributed by atoms with Gasteiger partial charge in [-0.3, -0.25) is 0 Å². The van der Waals surface area contributed by atoms with Gasteiger partial charge >= 0.3 is 5.97 Å². The Balaban J connectivity index is 1.67. The van der Waals surface area contributed by atoms with Gasteiger partial charge in [-0.2, -0.15) is 0 Å². The molecule has 2 fully saturated rings. The monoisotopic (exact) mass is 337 g/mol. The number of aryl methyl sites for hydroxylation is 1. The van der Waals surface area contributed by atoms with Crippen molar-refractivity contribution in [1.82, 2.24) is 4.90 Å². The maximum atomic E-state index is 14.0. The number of carboxylic acid groups (broad SMARTS) is 1. The highest BCUT2D eigenvalue weighted by atomic mass is 19.1. The Hall–Kier alpha value is -1.66. The molecular weight excluding hydrogens is 313 g/mol. The van der Waals surface area contributed by atoms with Gasteiger partial charge in [0.15, 0.2) is 11.6 Å². The van der Waals surface area contributed by atoms with Crippen molar-refractivity contribution in [3.63, 3.8) is 0 Å². The van der Waals surface area contributed by atoms with E-state index in [-0.39, 0.29) is 5.75 Å². The maximum absolute atomic E-state index is 14.0. The third-order valence-electron chi connectivity index (χ3n) is 4.99. The van der Waals surface area contributed by atoms with E-state index in [1.54, 1.807) is 12.1 Å². The molecule has 0 aromatic heterocycles. The molecule has 0 amide bonds. The largest absolute Gasteiger partial charge is 0.478 e. The van der Waals surface area contributed by atoms with Crippen LogP contribution in [0.4, 0.5) is 4.39 Å². The first-order valence-electron chi connectivity index (χ1n) is 8.47. The Kier molecular flexibility index (Phi) is 5.06. The average Bonchev–Trinajstić information content (AvgIpc) is 3.06. The molecule has 2 heterocycles. The van der Waals surface area contributed by atoms with Crippen LogP contribution in [-0.2, 0) is 9.53 Å². The van der Waals surface area contributed by atoms with E-state index in [2.05, 4.69) is 4.90 Å². The van der Waals surface area contributed by atoms with E-state index in [1.807, 2.05) is 6.92 Å². The first kappa shape index (κ1) is 17.2. The zero-order valence-electron chi connectivity index (χ0n) is 14.0. The minimum absolute atomic E-state index is 0.0232. The van der Waals surface area contributed by atoms with Crippen LogP contribution in [-0.4, -0.2) is 54.4 Å².